The predicted molar refractivity (Wildman–Crippen MR) is 111 cm³/mol. The molecule has 2 N–H and O–H groups in total. The molecule has 4 rings (SSSR count). The summed E-state index contributed by atoms with van der Waals surface area (Å²) in [5.41, 5.74) is 0.989. The summed E-state index contributed by atoms with van der Waals surface area (Å²) in [6, 6.07) is 1.64. The van der Waals surface area contributed by atoms with Gasteiger partial charge in [-0.25, -0.2) is 9.48 Å². The molecule has 0 spiro atoms. The van der Waals surface area contributed by atoms with Crippen LogP contribution in [0.25, 0.3) is 0 Å². The van der Waals surface area contributed by atoms with E-state index in [0.29, 0.717) is 9.88 Å². The van der Waals surface area contributed by atoms with Crippen molar-refractivity contribution in [3.63, 3.8) is 0 Å². The van der Waals surface area contributed by atoms with E-state index in [-0.39, 0.29) is 35.5 Å². The van der Waals surface area contributed by atoms with Crippen LogP contribution >= 0.6 is 11.3 Å². The van der Waals surface area contributed by atoms with Gasteiger partial charge in [-0.15, -0.1) is 16.4 Å². The second-order valence-electron chi connectivity index (χ2n) is 7.89. The summed E-state index contributed by atoms with van der Waals surface area (Å²) in [5.74, 6) is -0.546. The molecular weight excluding hydrogens is 406 g/mol. The molecule has 2 aromatic rings. The van der Waals surface area contributed by atoms with Crippen molar-refractivity contribution in [1.29, 1.82) is 0 Å². The van der Waals surface area contributed by atoms with Crippen molar-refractivity contribution < 1.29 is 19.1 Å². The lowest BCUT2D eigenvalue weighted by molar-refractivity contribution is -0.117. The van der Waals surface area contributed by atoms with E-state index in [2.05, 4.69) is 20.9 Å². The number of methoxy groups -OCH3 is 1. The third kappa shape index (κ3) is 4.38. The topological polar surface area (TPSA) is 115 Å². The molecule has 2 fully saturated rings. The first-order valence-electron chi connectivity index (χ1n) is 10.2. The van der Waals surface area contributed by atoms with Crippen LogP contribution in [0.3, 0.4) is 0 Å². The number of carbonyl (C=O) groups excluding carboxylic acids is 3. The van der Waals surface area contributed by atoms with Crippen LogP contribution in [0.15, 0.2) is 12.3 Å². The lowest BCUT2D eigenvalue weighted by Gasteiger charge is -2.31. The largest absolute Gasteiger partial charge is 0.464 e. The van der Waals surface area contributed by atoms with Crippen molar-refractivity contribution in [3.05, 3.63) is 28.4 Å². The number of ether oxygens (including phenoxy) is 1. The highest BCUT2D eigenvalue weighted by molar-refractivity contribution is 7.18. The summed E-state index contributed by atoms with van der Waals surface area (Å²) >= 11 is 1.30. The van der Waals surface area contributed by atoms with Gasteiger partial charge in [-0.2, -0.15) is 0 Å². The Morgan fingerprint density at radius 1 is 1.20 bits per heavy atom. The fraction of sp³-hybridized carbons (Fsp3) is 0.550. The van der Waals surface area contributed by atoms with Gasteiger partial charge in [0.05, 0.1) is 35.3 Å². The van der Waals surface area contributed by atoms with Gasteiger partial charge in [-0.3, -0.25) is 9.59 Å². The first-order valence-corrected chi connectivity index (χ1v) is 11.0. The summed E-state index contributed by atoms with van der Waals surface area (Å²) in [7, 11) is 1.30. The standard InChI is InChI=1S/C20H25N5O4S/c1-11-9-16(22-18(26)12-7-8-12)30-17(11)19(27)21-13-5-3-4-6-15(13)25-10-14(23-24-25)20(28)29-2/h9-10,12-13,15H,3-8H2,1-2H3,(H,21,27)(H,22,26). The molecule has 9 nitrogen and oxygen atoms in total. The molecular formula is C20H25N5O4S. The highest BCUT2D eigenvalue weighted by atomic mass is 32.1. The number of nitrogens with zero attached hydrogens (tertiary/aromatic N) is 3. The average molecular weight is 432 g/mol. The molecule has 2 saturated carbocycles. The molecule has 10 heteroatoms. The van der Waals surface area contributed by atoms with Crippen molar-refractivity contribution in [1.82, 2.24) is 20.3 Å². The lowest BCUT2D eigenvalue weighted by Crippen LogP contribution is -2.43. The van der Waals surface area contributed by atoms with E-state index in [9.17, 15) is 14.4 Å². The van der Waals surface area contributed by atoms with Crippen LogP contribution in [0, 0.1) is 12.8 Å². The number of nitrogens with one attached hydrogen (secondary N) is 2. The van der Waals surface area contributed by atoms with Crippen LogP contribution in [0.5, 0.6) is 0 Å². The monoisotopic (exact) mass is 431 g/mol. The maximum atomic E-state index is 13.0. The Hall–Kier alpha value is -2.75. The zero-order valence-electron chi connectivity index (χ0n) is 17.0. The lowest BCUT2D eigenvalue weighted by atomic mass is 9.90. The molecule has 2 aliphatic carbocycles. The maximum Gasteiger partial charge on any atom is 0.360 e. The van der Waals surface area contributed by atoms with Crippen molar-refractivity contribution in [2.45, 2.75) is 57.5 Å². The van der Waals surface area contributed by atoms with Gasteiger partial charge >= 0.3 is 5.97 Å². The number of anilines is 1. The minimum absolute atomic E-state index is 0.0307. The Labute approximate surface area is 178 Å². The molecule has 2 amide bonds. The molecule has 160 valence electrons. The summed E-state index contributed by atoms with van der Waals surface area (Å²) in [6.07, 6.45) is 7.12. The number of esters is 1. The molecule has 2 aromatic heterocycles. The van der Waals surface area contributed by atoms with Crippen LogP contribution in [0.4, 0.5) is 5.00 Å². The number of hydrogen-bond acceptors (Lipinski definition) is 7. The van der Waals surface area contributed by atoms with Crippen LogP contribution < -0.4 is 10.6 Å². The summed E-state index contributed by atoms with van der Waals surface area (Å²) in [4.78, 5) is 37.3. The van der Waals surface area contributed by atoms with E-state index in [1.54, 1.807) is 10.9 Å². The van der Waals surface area contributed by atoms with Gasteiger partial charge in [0.2, 0.25) is 5.91 Å². The molecule has 2 atom stereocenters. The number of aromatic nitrogens is 3. The summed E-state index contributed by atoms with van der Waals surface area (Å²) < 4.78 is 6.35. The minimum Gasteiger partial charge on any atom is -0.464 e. The average Bonchev–Trinajstić information content (AvgIpc) is 3.37. The number of aryl methyl sites for hydroxylation is 1. The van der Waals surface area contributed by atoms with E-state index in [1.807, 2.05) is 13.0 Å². The minimum atomic E-state index is -0.535. The van der Waals surface area contributed by atoms with E-state index in [1.165, 1.54) is 18.4 Å². The SMILES string of the molecule is COC(=O)c1cn(C2CCCCC2NC(=O)c2sc(NC(=O)C3CC3)cc2C)nn1. The molecule has 0 bridgehead atoms. The van der Waals surface area contributed by atoms with Crippen molar-refractivity contribution in [2.75, 3.05) is 12.4 Å². The van der Waals surface area contributed by atoms with Crippen molar-refractivity contribution in [3.8, 4) is 0 Å². The van der Waals surface area contributed by atoms with E-state index >= 15 is 0 Å². The van der Waals surface area contributed by atoms with Crippen LogP contribution in [0.2, 0.25) is 0 Å². The van der Waals surface area contributed by atoms with Crippen LogP contribution in [0.1, 0.15) is 70.3 Å². The third-order valence-electron chi connectivity index (χ3n) is 5.61. The molecule has 0 aliphatic heterocycles. The highest BCUT2D eigenvalue weighted by Gasteiger charge is 2.32. The molecule has 2 unspecified atom stereocenters. The van der Waals surface area contributed by atoms with Gasteiger partial charge in [-0.1, -0.05) is 18.1 Å². The Kier molecular flexibility index (Phi) is 5.85. The Bertz CT molecular complexity index is 964. The second kappa shape index (κ2) is 8.55. The molecule has 2 aliphatic rings. The highest BCUT2D eigenvalue weighted by Crippen LogP contribution is 2.33. The van der Waals surface area contributed by atoms with E-state index < -0.39 is 5.97 Å². The van der Waals surface area contributed by atoms with Gasteiger partial charge in [0.25, 0.3) is 5.91 Å². The number of amides is 2. The molecule has 0 aromatic carbocycles. The number of thiophene rings is 1. The Morgan fingerprint density at radius 3 is 2.70 bits per heavy atom. The predicted octanol–water partition coefficient (Wildman–Crippen LogP) is 2.70. The van der Waals surface area contributed by atoms with Gasteiger partial charge in [0.15, 0.2) is 5.69 Å². The van der Waals surface area contributed by atoms with Gasteiger partial charge < -0.3 is 15.4 Å². The van der Waals surface area contributed by atoms with E-state index in [0.717, 1.165) is 44.1 Å². The molecule has 0 radical (unpaired) electrons. The first-order chi connectivity index (χ1) is 14.5. The first kappa shape index (κ1) is 20.5. The Morgan fingerprint density at radius 2 is 1.97 bits per heavy atom. The maximum absolute atomic E-state index is 13.0. The fourth-order valence-electron chi connectivity index (χ4n) is 3.81. The van der Waals surface area contributed by atoms with Crippen LogP contribution in [-0.2, 0) is 9.53 Å². The summed E-state index contributed by atoms with van der Waals surface area (Å²) in [6.45, 7) is 1.87. The normalized spacial score (nSPS) is 21.1. The van der Waals surface area contributed by atoms with Crippen LogP contribution in [-0.4, -0.2) is 45.9 Å². The Balaban J connectivity index is 1.45. The van der Waals surface area contributed by atoms with Gasteiger partial charge in [0.1, 0.15) is 0 Å². The fourth-order valence-corrected chi connectivity index (χ4v) is 4.78. The third-order valence-corrected chi connectivity index (χ3v) is 6.76. The molecule has 0 saturated heterocycles. The number of carbonyl (C=O) groups is 3. The summed E-state index contributed by atoms with van der Waals surface area (Å²) in [5, 5.41) is 14.7. The quantitative estimate of drug-likeness (QED) is 0.680. The zero-order chi connectivity index (χ0) is 21.3. The number of rotatable bonds is 6. The van der Waals surface area contributed by atoms with Crippen molar-refractivity contribution in [2.24, 2.45) is 5.92 Å². The smallest absolute Gasteiger partial charge is 0.360 e. The van der Waals surface area contributed by atoms with Gasteiger partial charge in [0, 0.05) is 5.92 Å². The molecule has 2 heterocycles. The second-order valence-corrected chi connectivity index (χ2v) is 8.95. The van der Waals surface area contributed by atoms with Crippen molar-refractivity contribution >= 4 is 34.1 Å². The molecule has 30 heavy (non-hydrogen) atoms. The van der Waals surface area contributed by atoms with E-state index in [4.69, 9.17) is 4.74 Å². The number of hydrogen-bond donors (Lipinski definition) is 2. The van der Waals surface area contributed by atoms with Gasteiger partial charge in [-0.05, 0) is 44.2 Å². The zero-order valence-corrected chi connectivity index (χ0v) is 17.8.